The van der Waals surface area contributed by atoms with Crippen LogP contribution in [-0.4, -0.2) is 5.91 Å². The Kier molecular flexibility index (Phi) is 4.12. The molecule has 5 heteroatoms. The Morgan fingerprint density at radius 1 is 1.16 bits per heavy atom. The molecule has 2 aromatic carbocycles. The lowest BCUT2D eigenvalue weighted by Crippen LogP contribution is -2.15. The third-order valence-corrected chi connectivity index (χ3v) is 2.69. The molecule has 2 aromatic rings. The summed E-state index contributed by atoms with van der Waals surface area (Å²) in [5.74, 6) is -1.89. The fraction of sp³-hybridized carbons (Fsp3) is 0.0714. The lowest BCUT2D eigenvalue weighted by molar-refractivity contribution is -0.115. The Hall–Kier alpha value is -1.94. The first-order chi connectivity index (χ1) is 9.04. The first kappa shape index (κ1) is 13.5. The van der Waals surface area contributed by atoms with Gasteiger partial charge >= 0.3 is 0 Å². The van der Waals surface area contributed by atoms with Crippen LogP contribution in [0.1, 0.15) is 5.56 Å². The Bertz CT molecular complexity index is 616. The highest BCUT2D eigenvalue weighted by molar-refractivity contribution is 6.30. The summed E-state index contributed by atoms with van der Waals surface area (Å²) in [7, 11) is 0. The van der Waals surface area contributed by atoms with Crippen LogP contribution in [0.2, 0.25) is 5.02 Å². The highest BCUT2D eigenvalue weighted by Crippen LogP contribution is 2.16. The number of carbonyl (C=O) groups is 1. The molecule has 0 aliphatic heterocycles. The van der Waals surface area contributed by atoms with E-state index < -0.39 is 17.5 Å². The minimum absolute atomic E-state index is 0.0478. The zero-order valence-electron chi connectivity index (χ0n) is 9.79. The second kappa shape index (κ2) is 5.80. The Morgan fingerprint density at radius 2 is 1.95 bits per heavy atom. The van der Waals surface area contributed by atoms with Crippen molar-refractivity contribution in [2.75, 3.05) is 5.32 Å². The van der Waals surface area contributed by atoms with Crippen LogP contribution in [0, 0.1) is 11.6 Å². The minimum Gasteiger partial charge on any atom is -0.323 e. The first-order valence-electron chi connectivity index (χ1n) is 5.54. The third kappa shape index (κ3) is 3.76. The normalized spacial score (nSPS) is 10.3. The average molecular weight is 282 g/mol. The Balaban J connectivity index is 2.05. The number of halogens is 3. The lowest BCUT2D eigenvalue weighted by Gasteiger charge is -2.06. The quantitative estimate of drug-likeness (QED) is 0.911. The third-order valence-electron chi connectivity index (χ3n) is 2.46. The van der Waals surface area contributed by atoms with Crippen molar-refractivity contribution in [1.82, 2.24) is 0 Å². The zero-order valence-corrected chi connectivity index (χ0v) is 10.5. The van der Waals surface area contributed by atoms with Gasteiger partial charge in [0.1, 0.15) is 11.6 Å². The number of hydrogen-bond acceptors (Lipinski definition) is 1. The molecule has 19 heavy (non-hydrogen) atoms. The van der Waals surface area contributed by atoms with Gasteiger partial charge in [-0.2, -0.15) is 0 Å². The molecule has 0 radical (unpaired) electrons. The van der Waals surface area contributed by atoms with Crippen LogP contribution < -0.4 is 5.32 Å². The fourth-order valence-electron chi connectivity index (χ4n) is 1.62. The number of rotatable bonds is 3. The van der Waals surface area contributed by atoms with E-state index in [1.807, 2.05) is 0 Å². The second-order valence-corrected chi connectivity index (χ2v) is 4.42. The van der Waals surface area contributed by atoms with Gasteiger partial charge in [-0.3, -0.25) is 4.79 Å². The van der Waals surface area contributed by atoms with E-state index in [1.165, 1.54) is 6.07 Å². The summed E-state index contributed by atoms with van der Waals surface area (Å²) in [5, 5.41) is 2.91. The molecular weight excluding hydrogens is 272 g/mol. The molecule has 0 spiro atoms. The maximum absolute atomic E-state index is 13.3. The molecule has 0 unspecified atom stereocenters. The van der Waals surface area contributed by atoms with Crippen molar-refractivity contribution in [2.24, 2.45) is 0 Å². The van der Waals surface area contributed by atoms with E-state index in [4.69, 9.17) is 11.6 Å². The molecule has 0 aliphatic carbocycles. The molecule has 2 rings (SSSR count). The van der Waals surface area contributed by atoms with Gasteiger partial charge < -0.3 is 5.32 Å². The lowest BCUT2D eigenvalue weighted by atomic mass is 10.1. The minimum atomic E-state index is -0.806. The van der Waals surface area contributed by atoms with Gasteiger partial charge in [-0.1, -0.05) is 23.7 Å². The summed E-state index contributed by atoms with van der Waals surface area (Å²) in [6, 6.07) is 9.80. The van der Waals surface area contributed by atoms with E-state index in [0.717, 1.165) is 12.1 Å². The highest BCUT2D eigenvalue weighted by atomic mass is 35.5. The van der Waals surface area contributed by atoms with Crippen molar-refractivity contribution in [3.63, 3.8) is 0 Å². The van der Waals surface area contributed by atoms with Crippen LogP contribution in [0.3, 0.4) is 0 Å². The maximum Gasteiger partial charge on any atom is 0.228 e. The van der Waals surface area contributed by atoms with Gasteiger partial charge in [-0.25, -0.2) is 8.78 Å². The van der Waals surface area contributed by atoms with Crippen LogP contribution in [-0.2, 0) is 11.2 Å². The van der Waals surface area contributed by atoms with Crippen molar-refractivity contribution in [1.29, 1.82) is 0 Å². The smallest absolute Gasteiger partial charge is 0.228 e. The van der Waals surface area contributed by atoms with Crippen LogP contribution in [0.5, 0.6) is 0 Å². The first-order valence-corrected chi connectivity index (χ1v) is 5.92. The molecule has 0 fully saturated rings. The Labute approximate surface area is 114 Å². The molecule has 0 bridgehead atoms. The van der Waals surface area contributed by atoms with Crippen molar-refractivity contribution >= 4 is 23.2 Å². The molecule has 0 saturated carbocycles. The van der Waals surface area contributed by atoms with Crippen molar-refractivity contribution in [3.8, 4) is 0 Å². The van der Waals surface area contributed by atoms with Crippen molar-refractivity contribution in [2.45, 2.75) is 6.42 Å². The molecule has 2 nitrogen and oxygen atoms in total. The zero-order chi connectivity index (χ0) is 13.8. The second-order valence-electron chi connectivity index (χ2n) is 3.98. The van der Waals surface area contributed by atoms with Gasteiger partial charge in [-0.15, -0.1) is 0 Å². The molecule has 1 N–H and O–H groups in total. The largest absolute Gasteiger partial charge is 0.323 e. The van der Waals surface area contributed by atoms with E-state index >= 15 is 0 Å². The summed E-state index contributed by atoms with van der Waals surface area (Å²) in [4.78, 5) is 11.7. The number of hydrogen-bond donors (Lipinski definition) is 1. The summed E-state index contributed by atoms with van der Waals surface area (Å²) in [6.45, 7) is 0. The Morgan fingerprint density at radius 3 is 2.63 bits per heavy atom. The molecule has 98 valence electrons. The predicted molar refractivity (Wildman–Crippen MR) is 70.1 cm³/mol. The van der Waals surface area contributed by atoms with Gasteiger partial charge in [0.15, 0.2) is 0 Å². The van der Waals surface area contributed by atoms with Crippen LogP contribution in [0.25, 0.3) is 0 Å². The van der Waals surface area contributed by atoms with Gasteiger partial charge in [0.25, 0.3) is 0 Å². The summed E-state index contributed by atoms with van der Waals surface area (Å²) in [6.07, 6.45) is 0.0668. The fourth-order valence-corrected chi connectivity index (χ4v) is 1.83. The van der Waals surface area contributed by atoms with Gasteiger partial charge in [-0.05, 0) is 29.8 Å². The van der Waals surface area contributed by atoms with E-state index in [0.29, 0.717) is 10.6 Å². The molecule has 0 aliphatic rings. The number of amides is 1. The SMILES string of the molecule is O=C(Cc1cccc(Cl)c1)Nc1ccc(F)cc1F. The summed E-state index contributed by atoms with van der Waals surface area (Å²) < 4.78 is 26.0. The molecule has 0 aromatic heterocycles. The number of anilines is 1. The summed E-state index contributed by atoms with van der Waals surface area (Å²) in [5.41, 5.74) is 0.668. The summed E-state index contributed by atoms with van der Waals surface area (Å²) >= 11 is 5.80. The van der Waals surface area contributed by atoms with Crippen molar-refractivity contribution in [3.05, 3.63) is 64.7 Å². The molecule has 0 heterocycles. The van der Waals surface area contributed by atoms with E-state index in [-0.39, 0.29) is 12.1 Å². The van der Waals surface area contributed by atoms with Crippen LogP contribution >= 0.6 is 11.6 Å². The topological polar surface area (TPSA) is 29.1 Å². The van der Waals surface area contributed by atoms with Crippen LogP contribution in [0.15, 0.2) is 42.5 Å². The predicted octanol–water partition coefficient (Wildman–Crippen LogP) is 3.80. The van der Waals surface area contributed by atoms with E-state index in [2.05, 4.69) is 5.32 Å². The molecular formula is C14H10ClF2NO. The molecule has 0 atom stereocenters. The maximum atomic E-state index is 13.3. The monoisotopic (exact) mass is 281 g/mol. The van der Waals surface area contributed by atoms with E-state index in [9.17, 15) is 13.6 Å². The van der Waals surface area contributed by atoms with Crippen molar-refractivity contribution < 1.29 is 13.6 Å². The standard InChI is InChI=1S/C14H10ClF2NO/c15-10-3-1-2-9(6-10)7-14(19)18-13-5-4-11(16)8-12(13)17/h1-6,8H,7H2,(H,18,19). The number of carbonyl (C=O) groups excluding carboxylic acids is 1. The average Bonchev–Trinajstić information content (AvgIpc) is 2.33. The number of benzene rings is 2. The molecule has 1 amide bonds. The highest BCUT2D eigenvalue weighted by Gasteiger charge is 2.08. The molecule has 0 saturated heterocycles. The number of nitrogens with one attached hydrogen (secondary N) is 1. The van der Waals surface area contributed by atoms with Crippen LogP contribution in [0.4, 0.5) is 14.5 Å². The van der Waals surface area contributed by atoms with E-state index in [1.54, 1.807) is 24.3 Å². The van der Waals surface area contributed by atoms with Gasteiger partial charge in [0, 0.05) is 11.1 Å². The van der Waals surface area contributed by atoms with Gasteiger partial charge in [0.05, 0.1) is 12.1 Å². The van der Waals surface area contributed by atoms with Gasteiger partial charge in [0.2, 0.25) is 5.91 Å².